The minimum Gasteiger partial charge on any atom is -0.425 e. The Labute approximate surface area is 264 Å². The Kier molecular flexibility index (Phi) is 10.7. The first-order chi connectivity index (χ1) is 21.8. The molecule has 4 aromatic rings. The van der Waals surface area contributed by atoms with Crippen LogP contribution in [0, 0.1) is 12.7 Å². The first-order valence-corrected chi connectivity index (χ1v) is 15.8. The summed E-state index contributed by atoms with van der Waals surface area (Å²) < 4.78 is 19.5. The second-order valence-corrected chi connectivity index (χ2v) is 12.0. The molecule has 1 aromatic heterocycles. The topological polar surface area (TPSA) is 82.8 Å². The number of aromatic nitrogens is 2. The van der Waals surface area contributed by atoms with E-state index in [1.54, 1.807) is 0 Å². The van der Waals surface area contributed by atoms with Crippen molar-refractivity contribution in [1.82, 2.24) is 20.0 Å². The van der Waals surface area contributed by atoms with Crippen molar-refractivity contribution in [1.29, 1.82) is 0 Å². The van der Waals surface area contributed by atoms with Gasteiger partial charge in [0.05, 0.1) is 5.69 Å². The van der Waals surface area contributed by atoms with Crippen LogP contribution < -0.4 is 4.90 Å². The van der Waals surface area contributed by atoms with Gasteiger partial charge < -0.3 is 14.2 Å². The number of anilines is 1. The predicted molar refractivity (Wildman–Crippen MR) is 172 cm³/mol. The molecule has 0 unspecified atom stereocenters. The summed E-state index contributed by atoms with van der Waals surface area (Å²) in [4.78, 5) is 33.9. The van der Waals surface area contributed by atoms with Gasteiger partial charge in [0, 0.05) is 63.6 Å². The SMILES string of the molecule is Cc1cccc2c1N(C(=O)c1ccc(F)cc1)CCCN(Cc1ccccc1)CCCN(C(=O)CCc1nnc(C(C)C)o1)C2. The van der Waals surface area contributed by atoms with Crippen molar-refractivity contribution in [2.75, 3.05) is 31.1 Å². The van der Waals surface area contributed by atoms with Crippen LogP contribution in [0.3, 0.4) is 0 Å². The molecule has 0 atom stereocenters. The number of carbonyl (C=O) groups is 2. The van der Waals surface area contributed by atoms with Crippen molar-refractivity contribution in [3.8, 4) is 0 Å². The van der Waals surface area contributed by atoms with E-state index in [9.17, 15) is 14.0 Å². The van der Waals surface area contributed by atoms with E-state index in [2.05, 4.69) is 27.2 Å². The number of para-hydroxylation sites is 1. The van der Waals surface area contributed by atoms with E-state index < -0.39 is 0 Å². The highest BCUT2D eigenvalue weighted by atomic mass is 19.1. The summed E-state index contributed by atoms with van der Waals surface area (Å²) in [7, 11) is 0. The zero-order valence-corrected chi connectivity index (χ0v) is 26.4. The number of amides is 2. The number of nitrogens with zero attached hydrogens (tertiary/aromatic N) is 5. The third-order valence-electron chi connectivity index (χ3n) is 8.18. The fourth-order valence-corrected chi connectivity index (χ4v) is 5.82. The van der Waals surface area contributed by atoms with Crippen molar-refractivity contribution in [2.24, 2.45) is 0 Å². The Balaban J connectivity index is 1.44. The number of benzene rings is 3. The van der Waals surface area contributed by atoms with Crippen LogP contribution in [-0.4, -0.2) is 58.0 Å². The molecule has 45 heavy (non-hydrogen) atoms. The zero-order chi connectivity index (χ0) is 31.8. The first kappa shape index (κ1) is 32.0. The van der Waals surface area contributed by atoms with Crippen LogP contribution in [0.5, 0.6) is 0 Å². The minimum atomic E-state index is -0.386. The van der Waals surface area contributed by atoms with Crippen LogP contribution in [0.4, 0.5) is 10.1 Å². The lowest BCUT2D eigenvalue weighted by molar-refractivity contribution is -0.132. The fourth-order valence-electron chi connectivity index (χ4n) is 5.82. The number of rotatable bonds is 7. The number of hydrogen-bond acceptors (Lipinski definition) is 6. The molecule has 0 aliphatic carbocycles. The van der Waals surface area contributed by atoms with Crippen LogP contribution in [0.25, 0.3) is 0 Å². The van der Waals surface area contributed by atoms with Gasteiger partial charge in [0.1, 0.15) is 5.82 Å². The number of hydrogen-bond donors (Lipinski definition) is 0. The van der Waals surface area contributed by atoms with Gasteiger partial charge >= 0.3 is 0 Å². The van der Waals surface area contributed by atoms with Crippen LogP contribution in [0.1, 0.15) is 77.9 Å². The van der Waals surface area contributed by atoms with E-state index in [0.29, 0.717) is 43.4 Å². The second kappa shape index (κ2) is 15.1. The molecular formula is C36H42FN5O3. The van der Waals surface area contributed by atoms with Crippen LogP contribution in [0.15, 0.2) is 77.2 Å². The largest absolute Gasteiger partial charge is 0.425 e. The summed E-state index contributed by atoms with van der Waals surface area (Å²) in [6.45, 7) is 9.78. The monoisotopic (exact) mass is 611 g/mol. The van der Waals surface area contributed by atoms with E-state index in [1.807, 2.05) is 67.0 Å². The molecule has 0 radical (unpaired) electrons. The number of aryl methyl sites for hydroxylation is 2. The zero-order valence-electron chi connectivity index (χ0n) is 26.4. The summed E-state index contributed by atoms with van der Waals surface area (Å²) >= 11 is 0. The number of halogens is 1. The number of carbonyl (C=O) groups excluding carboxylic acids is 2. The van der Waals surface area contributed by atoms with Gasteiger partial charge in [-0.2, -0.15) is 0 Å². The molecule has 0 saturated heterocycles. The van der Waals surface area contributed by atoms with E-state index in [4.69, 9.17) is 4.42 Å². The molecule has 236 valence electrons. The maximum Gasteiger partial charge on any atom is 0.258 e. The first-order valence-electron chi connectivity index (χ1n) is 15.8. The average molecular weight is 612 g/mol. The maximum atomic E-state index is 14.0. The molecule has 0 bridgehead atoms. The number of fused-ring (bicyclic) bond motifs is 1. The van der Waals surface area contributed by atoms with Crippen LogP contribution >= 0.6 is 0 Å². The third kappa shape index (κ3) is 8.42. The molecule has 0 spiro atoms. The van der Waals surface area contributed by atoms with Crippen molar-refractivity contribution in [3.63, 3.8) is 0 Å². The molecule has 0 N–H and O–H groups in total. The van der Waals surface area contributed by atoms with Crippen LogP contribution in [-0.2, 0) is 24.3 Å². The molecule has 9 heteroatoms. The van der Waals surface area contributed by atoms with E-state index in [1.165, 1.54) is 29.8 Å². The van der Waals surface area contributed by atoms with Gasteiger partial charge in [-0.15, -0.1) is 10.2 Å². The van der Waals surface area contributed by atoms with Crippen molar-refractivity contribution >= 4 is 17.5 Å². The molecule has 3 aromatic carbocycles. The molecule has 0 saturated carbocycles. The molecule has 5 rings (SSSR count). The summed E-state index contributed by atoms with van der Waals surface area (Å²) in [5, 5.41) is 8.24. The standard InChI is InChI=1S/C36H42FN5O3/c1-26(2)35-39-38-32(45-35)18-19-33(43)41-22-8-20-40(24-28-11-5-4-6-12-28)21-9-23-42(34-27(3)10-7-13-30(34)25-41)36(44)29-14-16-31(37)17-15-29/h4-7,10-17,26H,8-9,18-25H2,1-3H3. The summed E-state index contributed by atoms with van der Waals surface area (Å²) in [6, 6.07) is 22.0. The Morgan fingerprint density at radius 3 is 2.33 bits per heavy atom. The highest BCUT2D eigenvalue weighted by Crippen LogP contribution is 2.29. The summed E-state index contributed by atoms with van der Waals surface area (Å²) in [6.07, 6.45) is 2.19. The second-order valence-electron chi connectivity index (χ2n) is 12.0. The Hall–Kier alpha value is -4.37. The normalized spacial score (nSPS) is 15.0. The molecule has 2 heterocycles. The Bertz CT molecular complexity index is 1570. The van der Waals surface area contributed by atoms with Gasteiger partial charge in [-0.1, -0.05) is 62.4 Å². The van der Waals surface area contributed by atoms with Gasteiger partial charge in [0.2, 0.25) is 17.7 Å². The lowest BCUT2D eigenvalue weighted by Gasteiger charge is -2.32. The van der Waals surface area contributed by atoms with Crippen molar-refractivity contribution in [3.05, 3.63) is 113 Å². The van der Waals surface area contributed by atoms with E-state index in [-0.39, 0.29) is 30.0 Å². The molecule has 8 nitrogen and oxygen atoms in total. The minimum absolute atomic E-state index is 0.00478. The highest BCUT2D eigenvalue weighted by molar-refractivity contribution is 6.07. The smallest absolute Gasteiger partial charge is 0.258 e. The summed E-state index contributed by atoms with van der Waals surface area (Å²) in [5.41, 5.74) is 4.30. The van der Waals surface area contributed by atoms with Crippen LogP contribution in [0.2, 0.25) is 0 Å². The quantitative estimate of drug-likeness (QED) is 0.236. The van der Waals surface area contributed by atoms with Crippen molar-refractivity contribution in [2.45, 2.75) is 65.5 Å². The molecule has 1 aliphatic heterocycles. The highest BCUT2D eigenvalue weighted by Gasteiger charge is 2.26. The molecule has 1 aliphatic rings. The average Bonchev–Trinajstić information content (AvgIpc) is 3.51. The van der Waals surface area contributed by atoms with Gasteiger partial charge in [-0.25, -0.2) is 4.39 Å². The fraction of sp³-hybridized carbons (Fsp3) is 0.389. The predicted octanol–water partition coefficient (Wildman–Crippen LogP) is 6.54. The summed E-state index contributed by atoms with van der Waals surface area (Å²) in [5.74, 6) is 0.572. The van der Waals surface area contributed by atoms with Gasteiger partial charge in [0.15, 0.2) is 0 Å². The lowest BCUT2D eigenvalue weighted by Crippen LogP contribution is -2.39. The lowest BCUT2D eigenvalue weighted by atomic mass is 10.0. The van der Waals surface area contributed by atoms with Gasteiger partial charge in [-0.05, 0) is 60.7 Å². The van der Waals surface area contributed by atoms with Gasteiger partial charge in [0.25, 0.3) is 5.91 Å². The van der Waals surface area contributed by atoms with Crippen molar-refractivity contribution < 1.29 is 18.4 Å². The Morgan fingerprint density at radius 1 is 0.889 bits per heavy atom. The molecule has 2 amide bonds. The maximum absolute atomic E-state index is 14.0. The van der Waals surface area contributed by atoms with E-state index in [0.717, 1.165) is 49.3 Å². The molecular weight excluding hydrogens is 569 g/mol. The molecule has 0 fully saturated rings. The third-order valence-corrected chi connectivity index (χ3v) is 8.18. The Morgan fingerprint density at radius 2 is 1.62 bits per heavy atom. The van der Waals surface area contributed by atoms with Gasteiger partial charge in [-0.3, -0.25) is 14.5 Å². The van der Waals surface area contributed by atoms with E-state index >= 15 is 0 Å².